The minimum atomic E-state index is -0.349. The fraction of sp³-hybridized carbons (Fsp3) is 0.941. The smallest absolute Gasteiger partial charge is 0.312 e. The average Bonchev–Trinajstić information content (AvgIpc) is 2.87. The molecule has 2 aliphatic carbocycles. The van der Waals surface area contributed by atoms with Gasteiger partial charge in [-0.2, -0.15) is 0 Å². The molecule has 0 amide bonds. The molecule has 2 fully saturated rings. The van der Waals surface area contributed by atoms with Crippen molar-refractivity contribution in [3.05, 3.63) is 0 Å². The van der Waals surface area contributed by atoms with Crippen LogP contribution < -0.4 is 0 Å². The summed E-state index contributed by atoms with van der Waals surface area (Å²) in [6, 6.07) is 0. The molecule has 2 aliphatic rings. The van der Waals surface area contributed by atoms with E-state index in [0.717, 1.165) is 25.2 Å². The zero-order valence-electron chi connectivity index (χ0n) is 13.3. The van der Waals surface area contributed by atoms with Gasteiger partial charge in [0.2, 0.25) is 0 Å². The normalized spacial score (nSPS) is 34.0. The molecule has 0 N–H and O–H groups in total. The standard InChI is InChI=1S/C17H30O2/c1-6-17(11-13-7-8-14(17)9-13)19-15(18)16(4,5)10-12(2)3/h12-14H,6-11H2,1-5H3. The molecular formula is C17H30O2. The van der Waals surface area contributed by atoms with E-state index in [1.807, 2.05) is 13.8 Å². The topological polar surface area (TPSA) is 26.3 Å². The predicted molar refractivity (Wildman–Crippen MR) is 77.8 cm³/mol. The van der Waals surface area contributed by atoms with Gasteiger partial charge in [-0.05, 0) is 70.1 Å². The highest BCUT2D eigenvalue weighted by Crippen LogP contribution is 2.54. The summed E-state index contributed by atoms with van der Waals surface area (Å²) >= 11 is 0. The lowest BCUT2D eigenvalue weighted by Gasteiger charge is -2.39. The summed E-state index contributed by atoms with van der Waals surface area (Å²) in [6.07, 6.45) is 6.89. The number of hydrogen-bond donors (Lipinski definition) is 0. The molecule has 2 rings (SSSR count). The Kier molecular flexibility index (Phi) is 3.99. The third-order valence-electron chi connectivity index (χ3n) is 5.29. The molecule has 2 nitrogen and oxygen atoms in total. The highest BCUT2D eigenvalue weighted by atomic mass is 16.6. The van der Waals surface area contributed by atoms with Crippen LogP contribution in [0.25, 0.3) is 0 Å². The van der Waals surface area contributed by atoms with Gasteiger partial charge in [0.1, 0.15) is 5.60 Å². The van der Waals surface area contributed by atoms with Crippen molar-refractivity contribution in [2.45, 2.75) is 78.7 Å². The molecule has 2 heteroatoms. The van der Waals surface area contributed by atoms with E-state index in [-0.39, 0.29) is 17.0 Å². The van der Waals surface area contributed by atoms with Gasteiger partial charge in [-0.25, -0.2) is 0 Å². The van der Waals surface area contributed by atoms with Crippen LogP contribution in [0.5, 0.6) is 0 Å². The lowest BCUT2D eigenvalue weighted by molar-refractivity contribution is -0.178. The Balaban J connectivity index is 2.05. The van der Waals surface area contributed by atoms with Gasteiger partial charge in [-0.3, -0.25) is 4.79 Å². The Bertz CT molecular complexity index is 345. The molecule has 0 aromatic heterocycles. The Morgan fingerprint density at radius 2 is 2.05 bits per heavy atom. The van der Waals surface area contributed by atoms with Crippen molar-refractivity contribution < 1.29 is 9.53 Å². The van der Waals surface area contributed by atoms with Gasteiger partial charge in [0.25, 0.3) is 0 Å². The van der Waals surface area contributed by atoms with Crippen LogP contribution in [0.3, 0.4) is 0 Å². The molecule has 2 saturated carbocycles. The molecule has 2 bridgehead atoms. The van der Waals surface area contributed by atoms with Crippen molar-refractivity contribution in [3.8, 4) is 0 Å². The number of carbonyl (C=O) groups excluding carboxylic acids is 1. The van der Waals surface area contributed by atoms with E-state index in [9.17, 15) is 4.79 Å². The number of rotatable bonds is 5. The van der Waals surface area contributed by atoms with Gasteiger partial charge >= 0.3 is 5.97 Å². The summed E-state index contributed by atoms with van der Waals surface area (Å²) in [5.74, 6) is 1.99. The summed E-state index contributed by atoms with van der Waals surface area (Å²) < 4.78 is 6.11. The molecule has 110 valence electrons. The summed E-state index contributed by atoms with van der Waals surface area (Å²) in [5.41, 5.74) is -0.480. The SMILES string of the molecule is CCC1(OC(=O)C(C)(C)CC(C)C)CC2CCC1C2. The number of hydrogen-bond acceptors (Lipinski definition) is 2. The van der Waals surface area contributed by atoms with Crippen LogP contribution in [0.1, 0.15) is 73.1 Å². The second-order valence-corrected chi connectivity index (χ2v) is 7.87. The average molecular weight is 266 g/mol. The fourth-order valence-corrected chi connectivity index (χ4v) is 4.45. The molecule has 0 aromatic carbocycles. The molecule has 3 atom stereocenters. The van der Waals surface area contributed by atoms with Crippen LogP contribution in [-0.4, -0.2) is 11.6 Å². The zero-order chi connectivity index (χ0) is 14.3. The van der Waals surface area contributed by atoms with Crippen molar-refractivity contribution in [3.63, 3.8) is 0 Å². The van der Waals surface area contributed by atoms with E-state index in [2.05, 4.69) is 20.8 Å². The van der Waals surface area contributed by atoms with Crippen molar-refractivity contribution in [1.82, 2.24) is 0 Å². The first-order valence-corrected chi connectivity index (χ1v) is 8.02. The maximum Gasteiger partial charge on any atom is 0.312 e. The number of carbonyl (C=O) groups is 1. The molecular weight excluding hydrogens is 236 g/mol. The lowest BCUT2D eigenvalue weighted by atomic mass is 9.80. The minimum absolute atomic E-state index is 0.0237. The summed E-state index contributed by atoms with van der Waals surface area (Å²) in [7, 11) is 0. The highest BCUT2D eigenvalue weighted by Gasteiger charge is 2.53. The molecule has 0 aromatic rings. The largest absolute Gasteiger partial charge is 0.458 e. The fourth-order valence-electron chi connectivity index (χ4n) is 4.45. The summed E-state index contributed by atoms with van der Waals surface area (Å²) in [6.45, 7) is 10.6. The van der Waals surface area contributed by atoms with Gasteiger partial charge in [0.15, 0.2) is 0 Å². The van der Waals surface area contributed by atoms with Crippen molar-refractivity contribution in [2.75, 3.05) is 0 Å². The first kappa shape index (κ1) is 14.9. The van der Waals surface area contributed by atoms with Gasteiger partial charge in [0.05, 0.1) is 5.41 Å². The van der Waals surface area contributed by atoms with Gasteiger partial charge in [-0.15, -0.1) is 0 Å². The molecule has 0 radical (unpaired) electrons. The van der Waals surface area contributed by atoms with Crippen LogP contribution in [0.15, 0.2) is 0 Å². The first-order chi connectivity index (χ1) is 8.79. The maximum absolute atomic E-state index is 12.6. The number of fused-ring (bicyclic) bond motifs is 2. The van der Waals surface area contributed by atoms with E-state index in [1.165, 1.54) is 19.3 Å². The number of esters is 1. The maximum atomic E-state index is 12.6. The Hall–Kier alpha value is -0.530. The summed E-state index contributed by atoms with van der Waals surface area (Å²) in [5, 5.41) is 0. The van der Waals surface area contributed by atoms with Gasteiger partial charge in [0, 0.05) is 0 Å². The van der Waals surface area contributed by atoms with Crippen molar-refractivity contribution in [2.24, 2.45) is 23.2 Å². The highest BCUT2D eigenvalue weighted by molar-refractivity contribution is 5.76. The molecule has 19 heavy (non-hydrogen) atoms. The van der Waals surface area contributed by atoms with Crippen molar-refractivity contribution >= 4 is 5.97 Å². The summed E-state index contributed by atoms with van der Waals surface area (Å²) in [4.78, 5) is 12.6. The van der Waals surface area contributed by atoms with Gasteiger partial charge < -0.3 is 4.74 Å². The first-order valence-electron chi connectivity index (χ1n) is 8.02. The Morgan fingerprint density at radius 1 is 1.37 bits per heavy atom. The van der Waals surface area contributed by atoms with E-state index in [4.69, 9.17) is 4.74 Å². The van der Waals surface area contributed by atoms with E-state index in [0.29, 0.717) is 11.8 Å². The monoisotopic (exact) mass is 266 g/mol. The molecule has 0 heterocycles. The van der Waals surface area contributed by atoms with Crippen molar-refractivity contribution in [1.29, 1.82) is 0 Å². The lowest BCUT2D eigenvalue weighted by Crippen LogP contribution is -2.43. The third-order valence-corrected chi connectivity index (χ3v) is 5.29. The second-order valence-electron chi connectivity index (χ2n) is 7.87. The molecule has 0 saturated heterocycles. The molecule has 0 aliphatic heterocycles. The Morgan fingerprint density at radius 3 is 2.47 bits per heavy atom. The van der Waals surface area contributed by atoms with Crippen LogP contribution in [0, 0.1) is 23.2 Å². The molecule has 0 spiro atoms. The Labute approximate surface area is 118 Å². The quantitative estimate of drug-likeness (QED) is 0.681. The zero-order valence-corrected chi connectivity index (χ0v) is 13.3. The van der Waals surface area contributed by atoms with Gasteiger partial charge in [-0.1, -0.05) is 20.8 Å². The third kappa shape index (κ3) is 2.83. The van der Waals surface area contributed by atoms with E-state index >= 15 is 0 Å². The predicted octanol–water partition coefficient (Wildman–Crippen LogP) is 4.57. The van der Waals surface area contributed by atoms with Crippen LogP contribution >= 0.6 is 0 Å². The molecule has 3 unspecified atom stereocenters. The minimum Gasteiger partial charge on any atom is -0.458 e. The second kappa shape index (κ2) is 5.10. The van der Waals surface area contributed by atoms with E-state index in [1.54, 1.807) is 0 Å². The van der Waals surface area contributed by atoms with Crippen LogP contribution in [0.4, 0.5) is 0 Å². The van der Waals surface area contributed by atoms with Crippen LogP contribution in [-0.2, 0) is 9.53 Å². The van der Waals surface area contributed by atoms with E-state index < -0.39 is 0 Å². The van der Waals surface area contributed by atoms with Crippen LogP contribution in [0.2, 0.25) is 0 Å². The number of ether oxygens (including phenoxy) is 1.